The third-order valence-corrected chi connectivity index (χ3v) is 3.35. The monoisotopic (exact) mass is 212 g/mol. The second-order valence-electron chi connectivity index (χ2n) is 5.88. The minimum atomic E-state index is 0.766. The summed E-state index contributed by atoms with van der Waals surface area (Å²) < 4.78 is 0. The van der Waals surface area contributed by atoms with Crippen molar-refractivity contribution < 1.29 is 0 Å². The van der Waals surface area contributed by atoms with Crippen molar-refractivity contribution in [2.24, 2.45) is 23.5 Å². The van der Waals surface area contributed by atoms with Crippen LogP contribution in [0.1, 0.15) is 40.5 Å². The van der Waals surface area contributed by atoms with Crippen LogP contribution in [0.15, 0.2) is 0 Å². The number of nitrogens with two attached hydrogens (primary N) is 1. The van der Waals surface area contributed by atoms with E-state index in [0.29, 0.717) is 0 Å². The summed E-state index contributed by atoms with van der Waals surface area (Å²) in [5.74, 6) is 2.30. The zero-order valence-electron chi connectivity index (χ0n) is 10.9. The first-order chi connectivity index (χ1) is 7.04. The van der Waals surface area contributed by atoms with Crippen LogP contribution in [0.2, 0.25) is 0 Å². The lowest BCUT2D eigenvalue weighted by molar-refractivity contribution is 0.0477. The van der Waals surface area contributed by atoms with Gasteiger partial charge in [0.15, 0.2) is 0 Å². The summed E-state index contributed by atoms with van der Waals surface area (Å²) in [6.45, 7) is 12.6. The van der Waals surface area contributed by atoms with Crippen LogP contribution in [0.25, 0.3) is 0 Å². The Morgan fingerprint density at radius 3 is 1.87 bits per heavy atom. The molecule has 0 bridgehead atoms. The van der Waals surface area contributed by atoms with Crippen molar-refractivity contribution in [2.75, 3.05) is 19.6 Å². The van der Waals surface area contributed by atoms with Gasteiger partial charge in [0.25, 0.3) is 0 Å². The molecule has 0 aromatic rings. The van der Waals surface area contributed by atoms with Gasteiger partial charge in [-0.15, -0.1) is 0 Å². The van der Waals surface area contributed by atoms with Gasteiger partial charge in [0.1, 0.15) is 0 Å². The summed E-state index contributed by atoms with van der Waals surface area (Å²) in [5.41, 5.74) is 5.80. The Balaban J connectivity index is 2.47. The van der Waals surface area contributed by atoms with Crippen molar-refractivity contribution in [1.29, 1.82) is 0 Å². The van der Waals surface area contributed by atoms with Crippen LogP contribution in [0, 0.1) is 17.8 Å². The van der Waals surface area contributed by atoms with Crippen molar-refractivity contribution in [3.8, 4) is 0 Å². The fourth-order valence-electron chi connectivity index (χ4n) is 2.59. The maximum absolute atomic E-state index is 5.80. The summed E-state index contributed by atoms with van der Waals surface area (Å²) in [4.78, 5) is 2.68. The van der Waals surface area contributed by atoms with Crippen LogP contribution in [0.3, 0.4) is 0 Å². The first kappa shape index (κ1) is 13.0. The van der Waals surface area contributed by atoms with Crippen LogP contribution in [-0.2, 0) is 0 Å². The Morgan fingerprint density at radius 1 is 1.07 bits per heavy atom. The zero-order chi connectivity index (χ0) is 11.4. The van der Waals surface area contributed by atoms with Crippen LogP contribution >= 0.6 is 0 Å². The molecular weight excluding hydrogens is 184 g/mol. The van der Waals surface area contributed by atoms with Crippen LogP contribution in [0.5, 0.6) is 0 Å². The molecule has 1 fully saturated rings. The van der Waals surface area contributed by atoms with Gasteiger partial charge in [-0.1, -0.05) is 27.7 Å². The van der Waals surface area contributed by atoms with Gasteiger partial charge >= 0.3 is 0 Å². The van der Waals surface area contributed by atoms with Gasteiger partial charge in [-0.3, -0.25) is 4.90 Å². The van der Waals surface area contributed by atoms with Crippen molar-refractivity contribution >= 4 is 0 Å². The topological polar surface area (TPSA) is 29.3 Å². The molecule has 0 aromatic carbocycles. The molecule has 0 saturated heterocycles. The average Bonchev–Trinajstić information content (AvgIpc) is 1.99. The van der Waals surface area contributed by atoms with E-state index in [2.05, 4.69) is 32.6 Å². The molecule has 1 rings (SSSR count). The summed E-state index contributed by atoms with van der Waals surface area (Å²) in [7, 11) is 0. The SMILES string of the molecule is CC(C)CN(CC(C)C)C1CCC1CN. The van der Waals surface area contributed by atoms with E-state index in [9.17, 15) is 0 Å². The summed E-state index contributed by atoms with van der Waals surface area (Å²) in [6.07, 6.45) is 2.70. The standard InChI is InChI=1S/C13H28N2/c1-10(2)8-15(9-11(3)4)13-6-5-12(13)7-14/h10-13H,5-9,14H2,1-4H3. The first-order valence-corrected chi connectivity index (χ1v) is 6.48. The van der Waals surface area contributed by atoms with Crippen LogP contribution < -0.4 is 5.73 Å². The third kappa shape index (κ3) is 3.76. The predicted octanol–water partition coefficient (Wildman–Crippen LogP) is 2.34. The average molecular weight is 212 g/mol. The van der Waals surface area contributed by atoms with E-state index >= 15 is 0 Å². The molecule has 0 radical (unpaired) electrons. The fourth-order valence-corrected chi connectivity index (χ4v) is 2.59. The number of hydrogen-bond donors (Lipinski definition) is 1. The van der Waals surface area contributed by atoms with Gasteiger partial charge in [0, 0.05) is 19.1 Å². The Morgan fingerprint density at radius 2 is 1.60 bits per heavy atom. The smallest absolute Gasteiger partial charge is 0.0136 e. The zero-order valence-corrected chi connectivity index (χ0v) is 10.9. The molecule has 2 unspecified atom stereocenters. The maximum atomic E-state index is 5.80. The van der Waals surface area contributed by atoms with Crippen LogP contribution in [0.4, 0.5) is 0 Å². The highest BCUT2D eigenvalue weighted by Crippen LogP contribution is 2.32. The Labute approximate surface area is 95.2 Å². The molecule has 1 aliphatic rings. The molecule has 1 saturated carbocycles. The number of rotatable bonds is 6. The molecule has 0 spiro atoms. The Kier molecular flexibility index (Phi) is 5.07. The molecule has 2 heteroatoms. The third-order valence-electron chi connectivity index (χ3n) is 3.35. The van der Waals surface area contributed by atoms with E-state index < -0.39 is 0 Å². The fraction of sp³-hybridized carbons (Fsp3) is 1.00. The lowest BCUT2D eigenvalue weighted by Crippen LogP contribution is -2.51. The molecule has 2 nitrogen and oxygen atoms in total. The van der Waals surface area contributed by atoms with Crippen molar-refractivity contribution in [2.45, 2.75) is 46.6 Å². The lowest BCUT2D eigenvalue weighted by Gasteiger charge is -2.45. The van der Waals surface area contributed by atoms with Gasteiger partial charge in [-0.2, -0.15) is 0 Å². The summed E-state index contributed by atoms with van der Waals surface area (Å²) in [5, 5.41) is 0. The molecule has 0 aliphatic heterocycles. The van der Waals surface area contributed by atoms with Crippen molar-refractivity contribution in [3.05, 3.63) is 0 Å². The van der Waals surface area contributed by atoms with E-state index in [-0.39, 0.29) is 0 Å². The molecule has 15 heavy (non-hydrogen) atoms. The second kappa shape index (κ2) is 5.86. The van der Waals surface area contributed by atoms with E-state index in [4.69, 9.17) is 5.73 Å². The van der Waals surface area contributed by atoms with E-state index in [1.54, 1.807) is 0 Å². The molecule has 1 aliphatic carbocycles. The van der Waals surface area contributed by atoms with E-state index in [1.807, 2.05) is 0 Å². The normalized spacial score (nSPS) is 26.4. The van der Waals surface area contributed by atoms with Gasteiger partial charge in [-0.05, 0) is 37.1 Å². The minimum absolute atomic E-state index is 0.766. The van der Waals surface area contributed by atoms with Crippen molar-refractivity contribution in [1.82, 2.24) is 4.90 Å². The number of nitrogens with zero attached hydrogens (tertiary/aromatic N) is 1. The first-order valence-electron chi connectivity index (χ1n) is 6.48. The Bertz CT molecular complexity index is 165. The molecule has 0 heterocycles. The summed E-state index contributed by atoms with van der Waals surface area (Å²) >= 11 is 0. The summed E-state index contributed by atoms with van der Waals surface area (Å²) in [6, 6.07) is 0.778. The predicted molar refractivity (Wildman–Crippen MR) is 66.8 cm³/mol. The molecule has 0 amide bonds. The lowest BCUT2D eigenvalue weighted by atomic mass is 9.78. The highest BCUT2D eigenvalue weighted by Gasteiger charge is 2.34. The molecule has 2 N–H and O–H groups in total. The Hall–Kier alpha value is -0.0800. The molecular formula is C13H28N2. The van der Waals surface area contributed by atoms with Gasteiger partial charge in [-0.25, -0.2) is 0 Å². The minimum Gasteiger partial charge on any atom is -0.330 e. The largest absolute Gasteiger partial charge is 0.330 e. The molecule has 2 atom stereocenters. The quantitative estimate of drug-likeness (QED) is 0.732. The second-order valence-corrected chi connectivity index (χ2v) is 5.88. The van der Waals surface area contributed by atoms with Gasteiger partial charge in [0.05, 0.1) is 0 Å². The van der Waals surface area contributed by atoms with Gasteiger partial charge in [0.2, 0.25) is 0 Å². The van der Waals surface area contributed by atoms with E-state index in [0.717, 1.165) is 30.3 Å². The molecule has 0 aromatic heterocycles. The van der Waals surface area contributed by atoms with E-state index in [1.165, 1.54) is 25.9 Å². The number of hydrogen-bond acceptors (Lipinski definition) is 2. The van der Waals surface area contributed by atoms with Gasteiger partial charge < -0.3 is 5.73 Å². The highest BCUT2D eigenvalue weighted by molar-refractivity contribution is 4.89. The maximum Gasteiger partial charge on any atom is 0.0136 e. The molecule has 90 valence electrons. The van der Waals surface area contributed by atoms with Crippen LogP contribution in [-0.4, -0.2) is 30.6 Å². The van der Waals surface area contributed by atoms with Crippen molar-refractivity contribution in [3.63, 3.8) is 0 Å². The highest BCUT2D eigenvalue weighted by atomic mass is 15.2.